The number of ether oxygens (including phenoxy) is 1. The molecule has 0 aliphatic rings. The van der Waals surface area contributed by atoms with E-state index in [0.29, 0.717) is 30.5 Å². The van der Waals surface area contributed by atoms with Gasteiger partial charge in [0.1, 0.15) is 5.82 Å². The Labute approximate surface area is 155 Å². The van der Waals surface area contributed by atoms with Crippen LogP contribution < -0.4 is 10.6 Å². The Morgan fingerprint density at radius 1 is 1.11 bits per heavy atom. The van der Waals surface area contributed by atoms with Crippen LogP contribution in [0.3, 0.4) is 0 Å². The van der Waals surface area contributed by atoms with E-state index in [1.54, 1.807) is 43.3 Å². The van der Waals surface area contributed by atoms with Crippen LogP contribution in [0.4, 0.5) is 21.8 Å². The molecule has 2 aromatic carbocycles. The molecule has 0 unspecified atom stereocenters. The second kappa shape index (κ2) is 8.70. The molecular formula is C19H18FN5O2. The SMILES string of the molecule is CCOC(=O)c1ccc(Nc2cnnc(NCc3ccc(F)cc3)n2)cc1. The lowest BCUT2D eigenvalue weighted by Gasteiger charge is -2.08. The van der Waals surface area contributed by atoms with Gasteiger partial charge in [-0.05, 0) is 48.9 Å². The smallest absolute Gasteiger partial charge is 0.338 e. The molecule has 3 aromatic rings. The largest absolute Gasteiger partial charge is 0.462 e. The lowest BCUT2D eigenvalue weighted by Crippen LogP contribution is -2.07. The zero-order valence-electron chi connectivity index (χ0n) is 14.6. The van der Waals surface area contributed by atoms with E-state index in [0.717, 1.165) is 11.3 Å². The highest BCUT2D eigenvalue weighted by molar-refractivity contribution is 5.89. The Balaban J connectivity index is 1.61. The number of carbonyl (C=O) groups is 1. The summed E-state index contributed by atoms with van der Waals surface area (Å²) in [5.41, 5.74) is 2.12. The first-order valence-electron chi connectivity index (χ1n) is 8.36. The second-order valence-electron chi connectivity index (χ2n) is 5.57. The number of nitrogens with one attached hydrogen (secondary N) is 2. The number of aromatic nitrogens is 3. The maximum Gasteiger partial charge on any atom is 0.338 e. The van der Waals surface area contributed by atoms with Crippen molar-refractivity contribution in [3.8, 4) is 0 Å². The van der Waals surface area contributed by atoms with E-state index in [1.165, 1.54) is 18.3 Å². The predicted octanol–water partition coefficient (Wildman–Crippen LogP) is 3.54. The van der Waals surface area contributed by atoms with Gasteiger partial charge in [-0.3, -0.25) is 0 Å². The van der Waals surface area contributed by atoms with Gasteiger partial charge in [0.15, 0.2) is 5.82 Å². The molecule has 138 valence electrons. The molecule has 0 saturated carbocycles. The molecule has 0 bridgehead atoms. The third kappa shape index (κ3) is 5.21. The quantitative estimate of drug-likeness (QED) is 0.617. The van der Waals surface area contributed by atoms with E-state index in [4.69, 9.17) is 4.74 Å². The van der Waals surface area contributed by atoms with Gasteiger partial charge in [-0.15, -0.1) is 5.10 Å². The average Bonchev–Trinajstić information content (AvgIpc) is 2.69. The first kappa shape index (κ1) is 18.2. The summed E-state index contributed by atoms with van der Waals surface area (Å²) >= 11 is 0. The zero-order chi connectivity index (χ0) is 19.1. The summed E-state index contributed by atoms with van der Waals surface area (Å²) in [7, 11) is 0. The van der Waals surface area contributed by atoms with Crippen LogP contribution in [0.1, 0.15) is 22.8 Å². The molecule has 7 nitrogen and oxygen atoms in total. The van der Waals surface area contributed by atoms with Gasteiger partial charge in [0.05, 0.1) is 18.4 Å². The molecule has 0 aliphatic heterocycles. The van der Waals surface area contributed by atoms with Gasteiger partial charge in [-0.25, -0.2) is 9.18 Å². The Morgan fingerprint density at radius 2 is 1.85 bits per heavy atom. The summed E-state index contributed by atoms with van der Waals surface area (Å²) < 4.78 is 17.9. The Morgan fingerprint density at radius 3 is 2.56 bits per heavy atom. The molecule has 27 heavy (non-hydrogen) atoms. The Bertz CT molecular complexity index is 901. The van der Waals surface area contributed by atoms with E-state index >= 15 is 0 Å². The summed E-state index contributed by atoms with van der Waals surface area (Å²) in [6, 6.07) is 13.0. The highest BCUT2D eigenvalue weighted by atomic mass is 19.1. The lowest BCUT2D eigenvalue weighted by molar-refractivity contribution is 0.0526. The zero-order valence-corrected chi connectivity index (χ0v) is 14.6. The number of hydrogen-bond acceptors (Lipinski definition) is 7. The second-order valence-corrected chi connectivity index (χ2v) is 5.57. The fourth-order valence-electron chi connectivity index (χ4n) is 2.27. The van der Waals surface area contributed by atoms with Gasteiger partial charge in [0.25, 0.3) is 0 Å². The molecule has 0 spiro atoms. The van der Waals surface area contributed by atoms with Crippen LogP contribution in [0.15, 0.2) is 54.7 Å². The van der Waals surface area contributed by atoms with Crippen molar-refractivity contribution in [2.24, 2.45) is 0 Å². The minimum absolute atomic E-state index is 0.281. The number of nitrogens with zero attached hydrogens (tertiary/aromatic N) is 3. The molecular weight excluding hydrogens is 349 g/mol. The number of halogens is 1. The standard InChI is InChI=1S/C19H18FN5O2/c1-2-27-18(26)14-5-9-16(10-6-14)23-17-12-22-25-19(24-17)21-11-13-3-7-15(20)8-4-13/h3-10,12H,2,11H2,1H3,(H2,21,23,24,25). The van der Waals surface area contributed by atoms with Crippen LogP contribution >= 0.6 is 0 Å². The van der Waals surface area contributed by atoms with Crippen LogP contribution in [0.2, 0.25) is 0 Å². The Kier molecular flexibility index (Phi) is 5.88. The number of carbonyl (C=O) groups excluding carboxylic acids is 1. The monoisotopic (exact) mass is 367 g/mol. The van der Waals surface area contributed by atoms with Crippen molar-refractivity contribution in [2.45, 2.75) is 13.5 Å². The predicted molar refractivity (Wildman–Crippen MR) is 99.2 cm³/mol. The van der Waals surface area contributed by atoms with Crippen LogP contribution in [0.5, 0.6) is 0 Å². The number of rotatable bonds is 7. The van der Waals surface area contributed by atoms with E-state index in [9.17, 15) is 9.18 Å². The van der Waals surface area contributed by atoms with Crippen molar-refractivity contribution in [3.63, 3.8) is 0 Å². The lowest BCUT2D eigenvalue weighted by atomic mass is 10.2. The average molecular weight is 367 g/mol. The molecule has 8 heteroatoms. The molecule has 3 rings (SSSR count). The maximum absolute atomic E-state index is 12.9. The fourth-order valence-corrected chi connectivity index (χ4v) is 2.27. The number of benzene rings is 2. The van der Waals surface area contributed by atoms with Crippen LogP contribution in [-0.4, -0.2) is 27.8 Å². The first-order valence-corrected chi connectivity index (χ1v) is 8.36. The normalized spacial score (nSPS) is 10.3. The highest BCUT2D eigenvalue weighted by Gasteiger charge is 2.06. The van der Waals surface area contributed by atoms with Crippen LogP contribution in [0.25, 0.3) is 0 Å². The minimum atomic E-state index is -0.361. The summed E-state index contributed by atoms with van der Waals surface area (Å²) in [6.07, 6.45) is 1.49. The van der Waals surface area contributed by atoms with Crippen molar-refractivity contribution >= 4 is 23.4 Å². The number of esters is 1. The van der Waals surface area contributed by atoms with Gasteiger partial charge in [-0.1, -0.05) is 12.1 Å². The third-order valence-electron chi connectivity index (χ3n) is 3.59. The van der Waals surface area contributed by atoms with Crippen molar-refractivity contribution < 1.29 is 13.9 Å². The molecule has 0 fully saturated rings. The van der Waals surface area contributed by atoms with Crippen molar-refractivity contribution in [1.29, 1.82) is 0 Å². The van der Waals surface area contributed by atoms with Crippen LogP contribution in [-0.2, 0) is 11.3 Å². The van der Waals surface area contributed by atoms with Crippen molar-refractivity contribution in [1.82, 2.24) is 15.2 Å². The highest BCUT2D eigenvalue weighted by Crippen LogP contribution is 2.16. The molecule has 0 aliphatic carbocycles. The maximum atomic E-state index is 12.9. The molecule has 0 radical (unpaired) electrons. The summed E-state index contributed by atoms with van der Waals surface area (Å²) in [4.78, 5) is 16.0. The summed E-state index contributed by atoms with van der Waals surface area (Å²) in [5.74, 6) is 0.194. The molecule has 0 atom stereocenters. The topological polar surface area (TPSA) is 89.0 Å². The van der Waals surface area contributed by atoms with Crippen molar-refractivity contribution in [3.05, 3.63) is 71.7 Å². The fraction of sp³-hybridized carbons (Fsp3) is 0.158. The molecule has 0 saturated heterocycles. The van der Waals surface area contributed by atoms with Gasteiger partial charge < -0.3 is 15.4 Å². The third-order valence-corrected chi connectivity index (χ3v) is 3.59. The van der Waals surface area contributed by atoms with E-state index in [-0.39, 0.29) is 11.8 Å². The van der Waals surface area contributed by atoms with Gasteiger partial charge in [0.2, 0.25) is 5.95 Å². The summed E-state index contributed by atoms with van der Waals surface area (Å²) in [6.45, 7) is 2.54. The van der Waals surface area contributed by atoms with Gasteiger partial charge in [-0.2, -0.15) is 10.1 Å². The molecule has 1 aromatic heterocycles. The number of hydrogen-bond donors (Lipinski definition) is 2. The molecule has 1 heterocycles. The van der Waals surface area contributed by atoms with E-state index < -0.39 is 0 Å². The van der Waals surface area contributed by atoms with Gasteiger partial charge in [0, 0.05) is 12.2 Å². The van der Waals surface area contributed by atoms with Crippen molar-refractivity contribution in [2.75, 3.05) is 17.2 Å². The van der Waals surface area contributed by atoms with E-state index in [1.807, 2.05) is 0 Å². The first-order chi connectivity index (χ1) is 13.1. The molecule has 0 amide bonds. The number of anilines is 3. The summed E-state index contributed by atoms with van der Waals surface area (Å²) in [5, 5.41) is 14.0. The molecule has 2 N–H and O–H groups in total. The minimum Gasteiger partial charge on any atom is -0.462 e. The van der Waals surface area contributed by atoms with Crippen LogP contribution in [0, 0.1) is 5.82 Å². The van der Waals surface area contributed by atoms with Gasteiger partial charge >= 0.3 is 5.97 Å². The Hall–Kier alpha value is -3.55. The van der Waals surface area contributed by atoms with E-state index in [2.05, 4.69) is 25.8 Å².